The van der Waals surface area contributed by atoms with Crippen LogP contribution in [0.3, 0.4) is 0 Å². The van der Waals surface area contributed by atoms with Crippen LogP contribution in [0.1, 0.15) is 0 Å². The van der Waals surface area contributed by atoms with E-state index >= 15 is 0 Å². The molecule has 0 spiro atoms. The molecule has 8 aromatic carbocycles. The lowest BCUT2D eigenvalue weighted by molar-refractivity contribution is 1.07. The summed E-state index contributed by atoms with van der Waals surface area (Å²) in [7, 11) is 0. The van der Waals surface area contributed by atoms with E-state index in [-0.39, 0.29) is 0 Å². The van der Waals surface area contributed by atoms with Crippen molar-refractivity contribution in [2.45, 2.75) is 0 Å². The van der Waals surface area contributed by atoms with Crippen LogP contribution in [0.15, 0.2) is 194 Å². The predicted molar refractivity (Wildman–Crippen MR) is 223 cm³/mol. The second-order valence-electron chi connectivity index (χ2n) is 13.5. The van der Waals surface area contributed by atoms with E-state index < -0.39 is 0 Å². The van der Waals surface area contributed by atoms with Crippen molar-refractivity contribution in [2.24, 2.45) is 0 Å². The van der Waals surface area contributed by atoms with Crippen molar-refractivity contribution in [1.29, 1.82) is 0 Å². The number of rotatable bonds is 6. The Hall–Kier alpha value is -7.30. The number of pyridine rings is 1. The molecule has 54 heavy (non-hydrogen) atoms. The quantitative estimate of drug-likeness (QED) is 0.163. The number of benzene rings is 8. The maximum atomic E-state index is 5.18. The molecule has 0 saturated heterocycles. The Morgan fingerprint density at radius 1 is 0.222 bits per heavy atom. The minimum Gasteiger partial charge on any atom is -0.247 e. The number of aromatic nitrogens is 4. The Labute approximate surface area is 313 Å². The van der Waals surface area contributed by atoms with E-state index in [1.165, 1.54) is 27.1 Å². The minimum absolute atomic E-state index is 0.635. The first-order valence-electron chi connectivity index (χ1n) is 18.1. The fourth-order valence-corrected chi connectivity index (χ4v) is 7.27. The van der Waals surface area contributed by atoms with E-state index in [1.807, 2.05) is 36.4 Å². The highest BCUT2D eigenvalue weighted by atomic mass is 15.0. The summed E-state index contributed by atoms with van der Waals surface area (Å²) < 4.78 is 0. The molecule has 0 aliphatic heterocycles. The molecule has 4 nitrogen and oxygen atoms in total. The number of hydrogen-bond donors (Lipinski definition) is 0. The van der Waals surface area contributed by atoms with Gasteiger partial charge >= 0.3 is 0 Å². The molecule has 0 bridgehead atoms. The lowest BCUT2D eigenvalue weighted by Gasteiger charge is -2.10. The third-order valence-corrected chi connectivity index (χ3v) is 10.2. The van der Waals surface area contributed by atoms with E-state index in [0.717, 1.165) is 55.5 Å². The molecular weight excluding hydrogens is 657 g/mol. The summed E-state index contributed by atoms with van der Waals surface area (Å²) in [6.45, 7) is 0. The van der Waals surface area contributed by atoms with Gasteiger partial charge < -0.3 is 0 Å². The van der Waals surface area contributed by atoms with Crippen LogP contribution >= 0.6 is 0 Å². The third kappa shape index (κ3) is 5.86. The molecule has 2 heterocycles. The summed E-state index contributed by atoms with van der Waals surface area (Å²) in [6, 6.07) is 67.6. The van der Waals surface area contributed by atoms with Crippen molar-refractivity contribution in [2.75, 3.05) is 0 Å². The average Bonchev–Trinajstić information content (AvgIpc) is 3.26. The summed E-state index contributed by atoms with van der Waals surface area (Å²) in [4.78, 5) is 20.0. The highest BCUT2D eigenvalue weighted by Gasteiger charge is 2.14. The van der Waals surface area contributed by atoms with Gasteiger partial charge in [-0.15, -0.1) is 0 Å². The van der Waals surface area contributed by atoms with Crippen molar-refractivity contribution in [3.63, 3.8) is 0 Å². The summed E-state index contributed by atoms with van der Waals surface area (Å²) in [5.74, 6) is 1.92. The second-order valence-corrected chi connectivity index (χ2v) is 13.5. The van der Waals surface area contributed by atoms with Crippen LogP contribution in [0.25, 0.3) is 100 Å². The van der Waals surface area contributed by atoms with Gasteiger partial charge in [-0.25, -0.2) is 19.9 Å². The number of fused-ring (bicyclic) bond motifs is 5. The Bertz CT molecular complexity index is 2940. The van der Waals surface area contributed by atoms with Crippen LogP contribution in [0.4, 0.5) is 0 Å². The molecule has 0 aliphatic carbocycles. The van der Waals surface area contributed by atoms with E-state index in [9.17, 15) is 0 Å². The topological polar surface area (TPSA) is 51.6 Å². The van der Waals surface area contributed by atoms with Gasteiger partial charge in [0.05, 0.1) is 11.2 Å². The third-order valence-electron chi connectivity index (χ3n) is 10.2. The lowest BCUT2D eigenvalue weighted by atomic mass is 9.98. The molecule has 10 rings (SSSR count). The molecule has 252 valence electrons. The summed E-state index contributed by atoms with van der Waals surface area (Å²) in [5.41, 5.74) is 10.4. The van der Waals surface area contributed by atoms with Crippen molar-refractivity contribution in [1.82, 2.24) is 19.9 Å². The summed E-state index contributed by atoms with van der Waals surface area (Å²) in [5, 5.41) is 6.03. The van der Waals surface area contributed by atoms with Crippen LogP contribution < -0.4 is 0 Å². The predicted octanol–water partition coefficient (Wildman–Crippen LogP) is 12.7. The zero-order valence-corrected chi connectivity index (χ0v) is 29.3. The fraction of sp³-hybridized carbons (Fsp3) is 0. The zero-order valence-electron chi connectivity index (χ0n) is 29.3. The maximum Gasteiger partial charge on any atom is 0.164 e. The summed E-state index contributed by atoms with van der Waals surface area (Å²) >= 11 is 0. The average molecular weight is 689 g/mol. The molecular formula is C50H32N4. The van der Waals surface area contributed by atoms with Gasteiger partial charge in [-0.1, -0.05) is 188 Å². The smallest absolute Gasteiger partial charge is 0.164 e. The first-order valence-corrected chi connectivity index (χ1v) is 18.1. The van der Waals surface area contributed by atoms with E-state index in [0.29, 0.717) is 17.5 Å². The van der Waals surface area contributed by atoms with Crippen LogP contribution in [-0.4, -0.2) is 19.9 Å². The Kier molecular flexibility index (Phi) is 7.77. The van der Waals surface area contributed by atoms with Gasteiger partial charge in [0.15, 0.2) is 17.5 Å². The van der Waals surface area contributed by atoms with Gasteiger partial charge in [0.25, 0.3) is 0 Å². The molecule has 0 saturated carbocycles. The molecule has 0 fully saturated rings. The van der Waals surface area contributed by atoms with Crippen molar-refractivity contribution in [3.8, 4) is 67.7 Å². The zero-order chi connectivity index (χ0) is 35.8. The van der Waals surface area contributed by atoms with E-state index in [2.05, 4.69) is 158 Å². The van der Waals surface area contributed by atoms with E-state index in [1.54, 1.807) is 0 Å². The molecule has 0 radical (unpaired) electrons. The maximum absolute atomic E-state index is 5.18. The summed E-state index contributed by atoms with van der Waals surface area (Å²) in [6.07, 6.45) is 0. The van der Waals surface area contributed by atoms with Gasteiger partial charge in [-0.3, -0.25) is 0 Å². The van der Waals surface area contributed by atoms with Gasteiger partial charge in [0, 0.05) is 33.0 Å². The Morgan fingerprint density at radius 2 is 0.630 bits per heavy atom. The Balaban J connectivity index is 0.954. The van der Waals surface area contributed by atoms with Crippen molar-refractivity contribution < 1.29 is 0 Å². The first kappa shape index (κ1) is 31.4. The molecule has 4 heteroatoms. The standard InChI is InChI=1S/C50H32N4/c1-3-9-33(10-4-1)34-17-23-41(24-18-34)49-52-48(40-12-5-2-6-13-40)53-50(54-49)42-25-19-36(20-26-42)35-15-21-38(22-16-35)46-32-29-39-28-30-44-43-14-8-7-11-37(43)27-31-45(44)47(39)51-46/h1-32H. The molecule has 0 atom stereocenters. The van der Waals surface area contributed by atoms with Crippen LogP contribution in [-0.2, 0) is 0 Å². The largest absolute Gasteiger partial charge is 0.247 e. The highest BCUT2D eigenvalue weighted by molar-refractivity contribution is 6.16. The van der Waals surface area contributed by atoms with Crippen molar-refractivity contribution >= 4 is 32.4 Å². The fourth-order valence-electron chi connectivity index (χ4n) is 7.27. The van der Waals surface area contributed by atoms with Crippen LogP contribution in [0, 0.1) is 0 Å². The highest BCUT2D eigenvalue weighted by Crippen LogP contribution is 2.33. The monoisotopic (exact) mass is 688 g/mol. The first-order chi connectivity index (χ1) is 26.7. The van der Waals surface area contributed by atoms with Crippen molar-refractivity contribution in [3.05, 3.63) is 194 Å². The number of nitrogens with zero attached hydrogens (tertiary/aromatic N) is 4. The van der Waals surface area contributed by atoms with Crippen LogP contribution in [0.5, 0.6) is 0 Å². The minimum atomic E-state index is 0.635. The normalized spacial score (nSPS) is 11.3. The number of hydrogen-bond acceptors (Lipinski definition) is 4. The molecule has 0 unspecified atom stereocenters. The van der Waals surface area contributed by atoms with Gasteiger partial charge in [-0.2, -0.15) is 0 Å². The SMILES string of the molecule is c1ccc(-c2ccc(-c3nc(-c4ccccc4)nc(-c4ccc(-c5ccc(-c6ccc7ccc8c9ccccc9ccc8c7n6)cc5)cc4)n3)cc2)cc1. The Morgan fingerprint density at radius 3 is 1.22 bits per heavy atom. The molecule has 10 aromatic rings. The van der Waals surface area contributed by atoms with Gasteiger partial charge in [0.2, 0.25) is 0 Å². The van der Waals surface area contributed by atoms with Gasteiger partial charge in [0.1, 0.15) is 0 Å². The molecule has 2 aromatic heterocycles. The van der Waals surface area contributed by atoms with Gasteiger partial charge in [-0.05, 0) is 44.5 Å². The van der Waals surface area contributed by atoms with E-state index in [4.69, 9.17) is 19.9 Å². The lowest BCUT2D eigenvalue weighted by Crippen LogP contribution is -2.00. The molecule has 0 aliphatic rings. The molecule has 0 N–H and O–H groups in total. The van der Waals surface area contributed by atoms with Crippen LogP contribution in [0.2, 0.25) is 0 Å². The second kappa shape index (κ2) is 13.4. The molecule has 0 amide bonds.